The van der Waals surface area contributed by atoms with Crippen LogP contribution in [0.1, 0.15) is 61.3 Å². The van der Waals surface area contributed by atoms with Crippen LogP contribution >= 0.6 is 0 Å². The highest BCUT2D eigenvalue weighted by atomic mass is 19.1. The predicted molar refractivity (Wildman–Crippen MR) is 136 cm³/mol. The fraction of sp³-hybridized carbons (Fsp3) is 0.448. The summed E-state index contributed by atoms with van der Waals surface area (Å²) in [6.07, 6.45) is 8.04. The van der Waals surface area contributed by atoms with Crippen LogP contribution in [0.4, 0.5) is 4.39 Å². The number of piperidine rings is 1. The van der Waals surface area contributed by atoms with Crippen molar-refractivity contribution in [3.8, 4) is 5.75 Å². The molecule has 188 valence electrons. The van der Waals surface area contributed by atoms with E-state index in [2.05, 4.69) is 10.1 Å². The second-order valence-corrected chi connectivity index (χ2v) is 10.1. The van der Waals surface area contributed by atoms with E-state index < -0.39 is 0 Å². The number of fused-ring (bicyclic) bond motifs is 4. The fourth-order valence-electron chi connectivity index (χ4n) is 5.80. The van der Waals surface area contributed by atoms with Crippen molar-refractivity contribution in [3.63, 3.8) is 0 Å². The van der Waals surface area contributed by atoms with E-state index >= 15 is 0 Å². The summed E-state index contributed by atoms with van der Waals surface area (Å²) in [4.78, 5) is 14.9. The summed E-state index contributed by atoms with van der Waals surface area (Å²) >= 11 is 0. The second kappa shape index (κ2) is 10.1. The van der Waals surface area contributed by atoms with E-state index in [9.17, 15) is 9.18 Å². The van der Waals surface area contributed by atoms with Gasteiger partial charge in [-0.25, -0.2) is 9.18 Å². The third kappa shape index (κ3) is 4.64. The summed E-state index contributed by atoms with van der Waals surface area (Å²) in [5, 5.41) is 6.22. The lowest BCUT2D eigenvalue weighted by molar-refractivity contribution is 0.199. The molecule has 0 saturated carbocycles. The minimum Gasteiger partial charge on any atom is -0.493 e. The maximum Gasteiger partial charge on any atom is 0.339 e. The van der Waals surface area contributed by atoms with Crippen molar-refractivity contribution < 1.29 is 18.1 Å². The molecule has 1 aliphatic heterocycles. The van der Waals surface area contributed by atoms with Gasteiger partial charge in [0.15, 0.2) is 5.58 Å². The molecule has 36 heavy (non-hydrogen) atoms. The number of hydrogen-bond donors (Lipinski definition) is 0. The lowest BCUT2D eigenvalue weighted by Gasteiger charge is -2.31. The molecule has 3 heterocycles. The van der Waals surface area contributed by atoms with Crippen LogP contribution in [-0.2, 0) is 12.8 Å². The zero-order valence-electron chi connectivity index (χ0n) is 20.4. The van der Waals surface area contributed by atoms with Crippen LogP contribution in [0.3, 0.4) is 0 Å². The molecular formula is C29H31FN2O4. The first kappa shape index (κ1) is 23.2. The van der Waals surface area contributed by atoms with Crippen LogP contribution < -0.4 is 10.4 Å². The Morgan fingerprint density at radius 2 is 1.78 bits per heavy atom. The van der Waals surface area contributed by atoms with Crippen molar-refractivity contribution >= 4 is 21.9 Å². The monoisotopic (exact) mass is 490 g/mol. The molecule has 0 N–H and O–H groups in total. The summed E-state index contributed by atoms with van der Waals surface area (Å²) in [5.74, 6) is 0.812. The van der Waals surface area contributed by atoms with Gasteiger partial charge in [0.05, 0.1) is 12.3 Å². The van der Waals surface area contributed by atoms with Crippen LogP contribution in [0, 0.1) is 5.82 Å². The minimum absolute atomic E-state index is 0.191. The molecule has 4 aromatic rings. The number of aryl methyl sites for hydroxylation is 1. The number of likely N-dealkylation sites (tertiary alicyclic amines) is 1. The number of rotatable bonds is 7. The van der Waals surface area contributed by atoms with Crippen LogP contribution in [0.15, 0.2) is 50.1 Å². The second-order valence-electron chi connectivity index (χ2n) is 10.1. The number of hydrogen-bond acceptors (Lipinski definition) is 6. The number of halogens is 1. The molecule has 6 rings (SSSR count). The highest BCUT2D eigenvalue weighted by Crippen LogP contribution is 2.33. The lowest BCUT2D eigenvalue weighted by Crippen LogP contribution is -2.34. The predicted octanol–water partition coefficient (Wildman–Crippen LogP) is 5.99. The summed E-state index contributed by atoms with van der Waals surface area (Å²) in [5.41, 5.74) is 3.95. The Morgan fingerprint density at radius 3 is 2.64 bits per heavy atom. The lowest BCUT2D eigenvalue weighted by atomic mass is 9.91. The molecule has 2 aliphatic rings. The number of nitrogens with zero attached hydrogens (tertiary/aromatic N) is 2. The maximum atomic E-state index is 13.4. The van der Waals surface area contributed by atoms with Gasteiger partial charge in [0.2, 0.25) is 0 Å². The molecule has 0 spiro atoms. The highest BCUT2D eigenvalue weighted by Gasteiger charge is 2.25. The quantitative estimate of drug-likeness (QED) is 0.234. The van der Waals surface area contributed by atoms with E-state index in [-0.39, 0.29) is 11.4 Å². The van der Waals surface area contributed by atoms with E-state index in [1.807, 2.05) is 18.2 Å². The zero-order valence-corrected chi connectivity index (χ0v) is 20.4. The molecule has 1 saturated heterocycles. The molecule has 0 amide bonds. The Morgan fingerprint density at radius 1 is 0.972 bits per heavy atom. The summed E-state index contributed by atoms with van der Waals surface area (Å²) in [7, 11) is 0. The molecule has 0 unspecified atom stereocenters. The van der Waals surface area contributed by atoms with Gasteiger partial charge in [-0.3, -0.25) is 0 Å². The molecule has 1 fully saturated rings. The molecule has 6 nitrogen and oxygen atoms in total. The van der Waals surface area contributed by atoms with Crippen LogP contribution in [-0.4, -0.2) is 36.3 Å². The van der Waals surface area contributed by atoms with E-state index in [0.29, 0.717) is 23.7 Å². The van der Waals surface area contributed by atoms with Crippen molar-refractivity contribution in [2.75, 3.05) is 26.2 Å². The van der Waals surface area contributed by atoms with Crippen LogP contribution in [0.25, 0.3) is 21.9 Å². The number of aromatic nitrogens is 1. The molecule has 0 bridgehead atoms. The third-order valence-corrected chi connectivity index (χ3v) is 7.77. The zero-order chi connectivity index (χ0) is 24.5. The summed E-state index contributed by atoms with van der Waals surface area (Å²) < 4.78 is 30.4. The standard InChI is InChI=1S/C29H31FN2O4/c30-20-7-9-25-27(17-20)36-31-28(25)19-11-14-32(15-12-19)13-3-4-16-34-21-8-10-23-22-5-1-2-6-24(22)29(33)35-26(23)18-21/h7-10,17-19H,1-6,11-16H2. The molecule has 0 radical (unpaired) electrons. The number of unbranched alkanes of at least 4 members (excludes halogenated alkanes) is 1. The van der Waals surface area contributed by atoms with Gasteiger partial charge in [0.25, 0.3) is 0 Å². The smallest absolute Gasteiger partial charge is 0.339 e. The molecule has 7 heteroatoms. The Labute approximate surface area is 209 Å². The van der Waals surface area contributed by atoms with E-state index in [1.54, 1.807) is 6.07 Å². The van der Waals surface area contributed by atoms with Crippen molar-refractivity contribution in [1.29, 1.82) is 0 Å². The van der Waals surface area contributed by atoms with Crippen molar-refractivity contribution in [3.05, 3.63) is 69.5 Å². The third-order valence-electron chi connectivity index (χ3n) is 7.77. The molecule has 1 aliphatic carbocycles. The first-order chi connectivity index (χ1) is 17.7. The Kier molecular flexibility index (Phi) is 6.48. The number of ether oxygens (including phenoxy) is 1. The Bertz CT molecular complexity index is 1430. The fourth-order valence-corrected chi connectivity index (χ4v) is 5.80. The van der Waals surface area contributed by atoms with Crippen molar-refractivity contribution in [1.82, 2.24) is 10.1 Å². The minimum atomic E-state index is -0.297. The topological polar surface area (TPSA) is 68.7 Å². The Balaban J connectivity index is 0.968. The van der Waals surface area contributed by atoms with Gasteiger partial charge in [0.1, 0.15) is 17.1 Å². The van der Waals surface area contributed by atoms with Gasteiger partial charge >= 0.3 is 5.63 Å². The largest absolute Gasteiger partial charge is 0.493 e. The summed E-state index contributed by atoms with van der Waals surface area (Å²) in [6, 6.07) is 10.5. The average Bonchev–Trinajstić information content (AvgIpc) is 3.32. The number of benzene rings is 2. The van der Waals surface area contributed by atoms with E-state index in [1.165, 1.54) is 12.1 Å². The van der Waals surface area contributed by atoms with Crippen molar-refractivity contribution in [2.45, 2.75) is 57.3 Å². The van der Waals surface area contributed by atoms with Crippen molar-refractivity contribution in [2.24, 2.45) is 0 Å². The van der Waals surface area contributed by atoms with E-state index in [0.717, 1.165) is 104 Å². The van der Waals surface area contributed by atoms with Gasteiger partial charge in [-0.2, -0.15) is 0 Å². The van der Waals surface area contributed by atoms with Gasteiger partial charge in [-0.05, 0) is 101 Å². The molecule has 0 atom stereocenters. The normalized spacial score (nSPS) is 17.0. The Hall–Kier alpha value is -3.19. The highest BCUT2D eigenvalue weighted by molar-refractivity contribution is 5.83. The van der Waals surface area contributed by atoms with Gasteiger partial charge in [-0.1, -0.05) is 5.16 Å². The first-order valence-corrected chi connectivity index (χ1v) is 13.1. The SMILES string of the molecule is O=c1oc2cc(OCCCCN3CCC(c4noc5cc(F)ccc45)CC3)ccc2c2c1CCCC2. The van der Waals surface area contributed by atoms with Gasteiger partial charge in [0, 0.05) is 34.4 Å². The van der Waals surface area contributed by atoms with Crippen LogP contribution in [0.5, 0.6) is 5.75 Å². The average molecular weight is 491 g/mol. The molecular weight excluding hydrogens is 459 g/mol. The van der Waals surface area contributed by atoms with Gasteiger partial charge < -0.3 is 18.6 Å². The maximum absolute atomic E-state index is 13.4. The molecule has 2 aromatic carbocycles. The first-order valence-electron chi connectivity index (χ1n) is 13.1. The molecule has 2 aromatic heterocycles. The van der Waals surface area contributed by atoms with E-state index in [4.69, 9.17) is 13.7 Å². The van der Waals surface area contributed by atoms with Gasteiger partial charge in [-0.15, -0.1) is 0 Å². The van der Waals surface area contributed by atoms with Crippen LogP contribution in [0.2, 0.25) is 0 Å². The summed E-state index contributed by atoms with van der Waals surface area (Å²) in [6.45, 7) is 3.72.